The number of nitrogens with one attached hydrogen (secondary N) is 1. The van der Waals surface area contributed by atoms with Gasteiger partial charge in [0.2, 0.25) is 0 Å². The first-order valence-electron chi connectivity index (χ1n) is 5.14. The fourth-order valence-corrected chi connectivity index (χ4v) is 1.75. The van der Waals surface area contributed by atoms with Crippen LogP contribution in [0.4, 0.5) is 11.4 Å². The van der Waals surface area contributed by atoms with E-state index in [-0.39, 0.29) is 17.3 Å². The van der Waals surface area contributed by atoms with Crippen LogP contribution in [0.2, 0.25) is 0 Å². The van der Waals surface area contributed by atoms with Gasteiger partial charge in [0.05, 0.1) is 29.6 Å². The number of carboxylic acid groups (broad SMARTS) is 1. The van der Waals surface area contributed by atoms with Gasteiger partial charge in [-0.1, -0.05) is 6.07 Å². The Hall–Kier alpha value is -1.75. The second-order valence-electron chi connectivity index (χ2n) is 3.78. The van der Waals surface area contributed by atoms with Crippen molar-refractivity contribution in [3.8, 4) is 0 Å². The Morgan fingerprint density at radius 1 is 1.56 bits per heavy atom. The van der Waals surface area contributed by atoms with E-state index < -0.39 is 5.97 Å². The molecule has 0 bridgehead atoms. The third kappa shape index (κ3) is 2.09. The molecule has 1 atom stereocenters. The van der Waals surface area contributed by atoms with Crippen molar-refractivity contribution in [2.75, 3.05) is 24.3 Å². The van der Waals surface area contributed by atoms with Gasteiger partial charge < -0.3 is 20.9 Å². The quantitative estimate of drug-likeness (QED) is 0.668. The summed E-state index contributed by atoms with van der Waals surface area (Å²) in [7, 11) is 0. The number of benzene rings is 1. The molecule has 1 fully saturated rings. The summed E-state index contributed by atoms with van der Waals surface area (Å²) in [6.07, 6.45) is 0.913. The standard InChI is InChI=1S/C11H14N2O3/c12-10-8(11(14)15)2-1-3-9(10)13-7-4-5-16-6-7/h1-3,7,13H,4-6,12H2,(H,14,15). The first-order valence-corrected chi connectivity index (χ1v) is 5.14. The fourth-order valence-electron chi connectivity index (χ4n) is 1.75. The molecular weight excluding hydrogens is 208 g/mol. The summed E-state index contributed by atoms with van der Waals surface area (Å²) in [5.74, 6) is -1.01. The van der Waals surface area contributed by atoms with Gasteiger partial charge in [-0.05, 0) is 18.6 Å². The van der Waals surface area contributed by atoms with Gasteiger partial charge in [0.15, 0.2) is 0 Å². The van der Waals surface area contributed by atoms with Crippen molar-refractivity contribution in [2.24, 2.45) is 0 Å². The molecule has 4 N–H and O–H groups in total. The maximum atomic E-state index is 10.9. The molecule has 16 heavy (non-hydrogen) atoms. The molecule has 0 aromatic heterocycles. The van der Waals surface area contributed by atoms with Crippen LogP contribution in [0.1, 0.15) is 16.8 Å². The summed E-state index contributed by atoms with van der Waals surface area (Å²) in [6, 6.07) is 5.16. The van der Waals surface area contributed by atoms with E-state index >= 15 is 0 Å². The number of hydrogen-bond acceptors (Lipinski definition) is 4. The Labute approximate surface area is 93.2 Å². The van der Waals surface area contributed by atoms with Crippen molar-refractivity contribution in [3.63, 3.8) is 0 Å². The molecule has 0 saturated carbocycles. The Morgan fingerprint density at radius 2 is 2.38 bits per heavy atom. The van der Waals surface area contributed by atoms with Gasteiger partial charge in [0, 0.05) is 6.61 Å². The molecule has 1 aliphatic rings. The number of nitrogen functional groups attached to an aromatic ring is 1. The van der Waals surface area contributed by atoms with Crippen LogP contribution in [0.25, 0.3) is 0 Å². The predicted octanol–water partition coefficient (Wildman–Crippen LogP) is 1.17. The lowest BCUT2D eigenvalue weighted by Crippen LogP contribution is -2.20. The minimum Gasteiger partial charge on any atom is -0.478 e. The molecule has 5 heteroatoms. The predicted molar refractivity (Wildman–Crippen MR) is 60.7 cm³/mol. The van der Waals surface area contributed by atoms with Crippen molar-refractivity contribution >= 4 is 17.3 Å². The average molecular weight is 222 g/mol. The molecule has 0 aliphatic carbocycles. The summed E-state index contributed by atoms with van der Waals surface area (Å²) < 4.78 is 5.23. The SMILES string of the molecule is Nc1c(NC2CCOC2)cccc1C(=O)O. The first-order chi connectivity index (χ1) is 7.68. The van der Waals surface area contributed by atoms with Gasteiger partial charge in [0.25, 0.3) is 0 Å². The number of carboxylic acids is 1. The number of rotatable bonds is 3. The van der Waals surface area contributed by atoms with Gasteiger partial charge in [-0.15, -0.1) is 0 Å². The van der Waals surface area contributed by atoms with Gasteiger partial charge in [-0.2, -0.15) is 0 Å². The lowest BCUT2D eigenvalue weighted by molar-refractivity contribution is 0.0698. The van der Waals surface area contributed by atoms with Gasteiger partial charge in [0.1, 0.15) is 0 Å². The van der Waals surface area contributed by atoms with E-state index in [1.165, 1.54) is 6.07 Å². The largest absolute Gasteiger partial charge is 0.478 e. The van der Waals surface area contributed by atoms with E-state index in [9.17, 15) is 4.79 Å². The number of hydrogen-bond donors (Lipinski definition) is 3. The van der Waals surface area contributed by atoms with E-state index in [2.05, 4.69) is 5.32 Å². The third-order valence-corrected chi connectivity index (χ3v) is 2.63. The number of para-hydroxylation sites is 1. The summed E-state index contributed by atoms with van der Waals surface area (Å²) in [5, 5.41) is 12.1. The fraction of sp³-hybridized carbons (Fsp3) is 0.364. The maximum Gasteiger partial charge on any atom is 0.337 e. The number of nitrogens with two attached hydrogens (primary N) is 1. The zero-order valence-corrected chi connectivity index (χ0v) is 8.77. The zero-order valence-electron chi connectivity index (χ0n) is 8.77. The monoisotopic (exact) mass is 222 g/mol. The van der Waals surface area contributed by atoms with E-state index in [0.29, 0.717) is 12.3 Å². The summed E-state index contributed by atoms with van der Waals surface area (Å²) in [5.41, 5.74) is 6.85. The van der Waals surface area contributed by atoms with Gasteiger partial charge in [-0.25, -0.2) is 4.79 Å². The Morgan fingerprint density at radius 3 is 3.00 bits per heavy atom. The second-order valence-corrected chi connectivity index (χ2v) is 3.78. The molecule has 1 saturated heterocycles. The Bertz CT molecular complexity index is 400. The Balaban J connectivity index is 2.20. The highest BCUT2D eigenvalue weighted by Crippen LogP contribution is 2.24. The van der Waals surface area contributed by atoms with Crippen LogP contribution in [0, 0.1) is 0 Å². The van der Waals surface area contributed by atoms with Crippen LogP contribution in [0.5, 0.6) is 0 Å². The van der Waals surface area contributed by atoms with Crippen molar-refractivity contribution in [2.45, 2.75) is 12.5 Å². The van der Waals surface area contributed by atoms with Crippen molar-refractivity contribution in [1.82, 2.24) is 0 Å². The van der Waals surface area contributed by atoms with Gasteiger partial charge in [-0.3, -0.25) is 0 Å². The average Bonchev–Trinajstić information content (AvgIpc) is 2.73. The van der Waals surface area contributed by atoms with E-state index in [0.717, 1.165) is 13.0 Å². The molecule has 0 amide bonds. The number of aromatic carboxylic acids is 1. The van der Waals surface area contributed by atoms with Crippen LogP contribution < -0.4 is 11.1 Å². The van der Waals surface area contributed by atoms with Crippen LogP contribution in [-0.2, 0) is 4.74 Å². The van der Waals surface area contributed by atoms with E-state index in [1.807, 2.05) is 0 Å². The van der Waals surface area contributed by atoms with Crippen molar-refractivity contribution in [3.05, 3.63) is 23.8 Å². The lowest BCUT2D eigenvalue weighted by atomic mass is 10.1. The second kappa shape index (κ2) is 4.40. The minimum absolute atomic E-state index is 0.129. The van der Waals surface area contributed by atoms with Gasteiger partial charge >= 0.3 is 5.97 Å². The molecular formula is C11H14N2O3. The molecule has 1 aromatic rings. The lowest BCUT2D eigenvalue weighted by Gasteiger charge is -2.15. The van der Waals surface area contributed by atoms with Crippen LogP contribution in [0.3, 0.4) is 0 Å². The van der Waals surface area contributed by atoms with E-state index in [1.54, 1.807) is 12.1 Å². The van der Waals surface area contributed by atoms with E-state index in [4.69, 9.17) is 15.6 Å². The zero-order chi connectivity index (χ0) is 11.5. The molecule has 1 aromatic carbocycles. The molecule has 86 valence electrons. The normalized spacial score (nSPS) is 19.6. The van der Waals surface area contributed by atoms with Crippen LogP contribution in [0.15, 0.2) is 18.2 Å². The van der Waals surface area contributed by atoms with Crippen molar-refractivity contribution in [1.29, 1.82) is 0 Å². The highest BCUT2D eigenvalue weighted by molar-refractivity contribution is 5.97. The molecule has 1 unspecified atom stereocenters. The molecule has 1 aliphatic heterocycles. The summed E-state index contributed by atoms with van der Waals surface area (Å²) >= 11 is 0. The summed E-state index contributed by atoms with van der Waals surface area (Å²) in [6.45, 7) is 1.37. The number of ether oxygens (including phenoxy) is 1. The minimum atomic E-state index is -1.01. The number of anilines is 2. The van der Waals surface area contributed by atoms with Crippen LogP contribution in [-0.4, -0.2) is 30.3 Å². The molecule has 0 radical (unpaired) electrons. The number of carbonyl (C=O) groups is 1. The van der Waals surface area contributed by atoms with Crippen LogP contribution >= 0.6 is 0 Å². The highest BCUT2D eigenvalue weighted by atomic mass is 16.5. The molecule has 5 nitrogen and oxygen atoms in total. The maximum absolute atomic E-state index is 10.9. The molecule has 2 rings (SSSR count). The van der Waals surface area contributed by atoms with Crippen molar-refractivity contribution < 1.29 is 14.6 Å². The molecule has 0 spiro atoms. The third-order valence-electron chi connectivity index (χ3n) is 2.63. The Kier molecular flexibility index (Phi) is 2.96. The topological polar surface area (TPSA) is 84.6 Å². The highest BCUT2D eigenvalue weighted by Gasteiger charge is 2.17. The molecule has 1 heterocycles. The smallest absolute Gasteiger partial charge is 0.337 e. The summed E-state index contributed by atoms with van der Waals surface area (Å²) in [4.78, 5) is 10.9. The first kappa shape index (κ1) is 10.8.